The fourth-order valence-corrected chi connectivity index (χ4v) is 1.77. The molecule has 0 aromatic carbocycles. The third-order valence-electron chi connectivity index (χ3n) is 1.79. The Morgan fingerprint density at radius 3 is 2.45 bits per heavy atom. The van der Waals surface area contributed by atoms with Gasteiger partial charge in [-0.1, -0.05) is 6.92 Å². The zero-order chi connectivity index (χ0) is 8.43. The van der Waals surface area contributed by atoms with Gasteiger partial charge in [0.05, 0.1) is 15.9 Å². The van der Waals surface area contributed by atoms with E-state index >= 15 is 0 Å². The van der Waals surface area contributed by atoms with Gasteiger partial charge in [0.25, 0.3) is 0 Å². The zero-order valence-electron chi connectivity index (χ0n) is 7.19. The van der Waals surface area contributed by atoms with Crippen LogP contribution < -0.4 is 0 Å². The molecule has 0 unspecified atom stereocenters. The fourth-order valence-electron chi connectivity index (χ4n) is 1.21. The predicted molar refractivity (Wildman–Crippen MR) is 49.7 cm³/mol. The van der Waals surface area contributed by atoms with Crippen LogP contribution in [0, 0.1) is 6.92 Å². The Labute approximate surface area is 75.7 Å². The molecule has 1 heterocycles. The summed E-state index contributed by atoms with van der Waals surface area (Å²) in [5, 5.41) is 4.37. The summed E-state index contributed by atoms with van der Waals surface area (Å²) in [4.78, 5) is 0. The maximum atomic E-state index is 4.37. The minimum Gasteiger partial charge on any atom is -0.268 e. The first kappa shape index (κ1) is 8.78. The first-order valence-electron chi connectivity index (χ1n) is 3.92. The molecule has 62 valence electrons. The summed E-state index contributed by atoms with van der Waals surface area (Å²) in [6.45, 7) is 7.23. The van der Waals surface area contributed by atoms with Crippen molar-refractivity contribution in [1.29, 1.82) is 0 Å². The molecule has 0 fully saturated rings. The highest BCUT2D eigenvalue weighted by Gasteiger charge is 2.08. The minimum absolute atomic E-state index is 0.954. The third-order valence-corrected chi connectivity index (χ3v) is 2.82. The van der Waals surface area contributed by atoms with E-state index in [1.165, 1.54) is 10.2 Å². The molecule has 0 saturated heterocycles. The lowest BCUT2D eigenvalue weighted by Gasteiger charge is -2.00. The summed E-state index contributed by atoms with van der Waals surface area (Å²) < 4.78 is 3.21. The van der Waals surface area contributed by atoms with E-state index in [-0.39, 0.29) is 0 Å². The first-order chi connectivity index (χ1) is 5.20. The smallest absolute Gasteiger partial charge is 0.0738 e. The highest BCUT2D eigenvalue weighted by Crippen LogP contribution is 2.20. The SMILES string of the molecule is CCc1c(Br)c(C)nn1CC. The summed E-state index contributed by atoms with van der Waals surface area (Å²) in [6, 6.07) is 0. The van der Waals surface area contributed by atoms with Crippen molar-refractivity contribution in [2.45, 2.75) is 33.7 Å². The topological polar surface area (TPSA) is 17.8 Å². The van der Waals surface area contributed by atoms with Crippen molar-refractivity contribution in [3.63, 3.8) is 0 Å². The van der Waals surface area contributed by atoms with Crippen molar-refractivity contribution in [1.82, 2.24) is 9.78 Å². The van der Waals surface area contributed by atoms with E-state index in [0.717, 1.165) is 18.7 Å². The predicted octanol–water partition coefficient (Wildman–Crippen LogP) is 2.54. The van der Waals surface area contributed by atoms with Crippen LogP contribution >= 0.6 is 15.9 Å². The minimum atomic E-state index is 0.954. The van der Waals surface area contributed by atoms with Crippen LogP contribution in [0.4, 0.5) is 0 Å². The van der Waals surface area contributed by atoms with Gasteiger partial charge in [0.2, 0.25) is 0 Å². The molecule has 0 atom stereocenters. The van der Waals surface area contributed by atoms with E-state index in [1.807, 2.05) is 11.6 Å². The molecule has 11 heavy (non-hydrogen) atoms. The van der Waals surface area contributed by atoms with Gasteiger partial charge < -0.3 is 0 Å². The van der Waals surface area contributed by atoms with Crippen molar-refractivity contribution >= 4 is 15.9 Å². The Balaban J connectivity index is 3.15. The van der Waals surface area contributed by atoms with E-state index in [4.69, 9.17) is 0 Å². The highest BCUT2D eigenvalue weighted by atomic mass is 79.9. The lowest BCUT2D eigenvalue weighted by molar-refractivity contribution is 0.621. The number of rotatable bonds is 2. The number of aryl methyl sites for hydroxylation is 2. The summed E-state index contributed by atoms with van der Waals surface area (Å²) >= 11 is 3.52. The van der Waals surface area contributed by atoms with Gasteiger partial charge in [-0.3, -0.25) is 4.68 Å². The number of hydrogen-bond donors (Lipinski definition) is 0. The molecule has 0 bridgehead atoms. The molecule has 0 spiro atoms. The van der Waals surface area contributed by atoms with Gasteiger partial charge in [-0.2, -0.15) is 5.10 Å². The van der Waals surface area contributed by atoms with Gasteiger partial charge in [0.15, 0.2) is 0 Å². The first-order valence-corrected chi connectivity index (χ1v) is 4.71. The number of halogens is 1. The van der Waals surface area contributed by atoms with Crippen molar-refractivity contribution < 1.29 is 0 Å². The third kappa shape index (κ3) is 1.48. The van der Waals surface area contributed by atoms with Crippen LogP contribution in [0.15, 0.2) is 4.47 Å². The molecule has 1 aromatic heterocycles. The second-order valence-electron chi connectivity index (χ2n) is 2.52. The van der Waals surface area contributed by atoms with Gasteiger partial charge in [-0.05, 0) is 36.2 Å². The van der Waals surface area contributed by atoms with Crippen molar-refractivity contribution in [3.8, 4) is 0 Å². The van der Waals surface area contributed by atoms with E-state index in [0.29, 0.717) is 0 Å². The normalized spacial score (nSPS) is 10.5. The van der Waals surface area contributed by atoms with E-state index < -0.39 is 0 Å². The lowest BCUT2D eigenvalue weighted by Crippen LogP contribution is -2.01. The molecule has 0 aliphatic carbocycles. The standard InChI is InChI=1S/C8H13BrN2/c1-4-7-8(9)6(3)10-11(7)5-2/h4-5H2,1-3H3. The summed E-state index contributed by atoms with van der Waals surface area (Å²) in [5.74, 6) is 0. The Bertz CT molecular complexity index is 253. The van der Waals surface area contributed by atoms with Crippen LogP contribution in [0.25, 0.3) is 0 Å². The van der Waals surface area contributed by atoms with Crippen molar-refractivity contribution in [2.75, 3.05) is 0 Å². The van der Waals surface area contributed by atoms with Gasteiger partial charge >= 0.3 is 0 Å². The molecule has 2 nitrogen and oxygen atoms in total. The summed E-state index contributed by atoms with van der Waals surface area (Å²) in [5.41, 5.74) is 2.38. The monoisotopic (exact) mass is 216 g/mol. The highest BCUT2D eigenvalue weighted by molar-refractivity contribution is 9.10. The fraction of sp³-hybridized carbons (Fsp3) is 0.625. The molecule has 0 aliphatic heterocycles. The molecular formula is C8H13BrN2. The molecule has 0 saturated carbocycles. The van der Waals surface area contributed by atoms with E-state index in [2.05, 4.69) is 34.9 Å². The molecule has 0 amide bonds. The Hall–Kier alpha value is -0.310. The van der Waals surface area contributed by atoms with Crippen LogP contribution in [0.3, 0.4) is 0 Å². The average Bonchev–Trinajstić information content (AvgIpc) is 2.28. The molecule has 0 aliphatic rings. The number of nitrogens with zero attached hydrogens (tertiary/aromatic N) is 2. The second-order valence-corrected chi connectivity index (χ2v) is 3.31. The van der Waals surface area contributed by atoms with E-state index in [9.17, 15) is 0 Å². The zero-order valence-corrected chi connectivity index (χ0v) is 8.77. The molecule has 3 heteroatoms. The molecule has 1 rings (SSSR count). The van der Waals surface area contributed by atoms with Crippen LogP contribution in [0.1, 0.15) is 25.2 Å². The van der Waals surface area contributed by atoms with Crippen LogP contribution in [0.2, 0.25) is 0 Å². The average molecular weight is 217 g/mol. The quantitative estimate of drug-likeness (QED) is 0.744. The van der Waals surface area contributed by atoms with Gasteiger partial charge in [-0.15, -0.1) is 0 Å². The summed E-state index contributed by atoms with van der Waals surface area (Å²) in [7, 11) is 0. The van der Waals surface area contributed by atoms with Crippen molar-refractivity contribution in [3.05, 3.63) is 15.9 Å². The maximum absolute atomic E-state index is 4.37. The number of hydrogen-bond acceptors (Lipinski definition) is 1. The Kier molecular flexibility index (Phi) is 2.71. The second kappa shape index (κ2) is 3.39. The molecule has 1 aromatic rings. The lowest BCUT2D eigenvalue weighted by atomic mass is 10.3. The molecular weight excluding hydrogens is 204 g/mol. The van der Waals surface area contributed by atoms with Crippen LogP contribution in [0.5, 0.6) is 0 Å². The Morgan fingerprint density at radius 2 is 2.09 bits per heavy atom. The van der Waals surface area contributed by atoms with Crippen molar-refractivity contribution in [2.24, 2.45) is 0 Å². The summed E-state index contributed by atoms with van der Waals surface area (Å²) in [6.07, 6.45) is 1.04. The van der Waals surface area contributed by atoms with Gasteiger partial charge in [-0.25, -0.2) is 0 Å². The van der Waals surface area contributed by atoms with Gasteiger partial charge in [0, 0.05) is 6.54 Å². The van der Waals surface area contributed by atoms with Crippen LogP contribution in [-0.2, 0) is 13.0 Å². The maximum Gasteiger partial charge on any atom is 0.0738 e. The molecule has 0 radical (unpaired) electrons. The van der Waals surface area contributed by atoms with Gasteiger partial charge in [0.1, 0.15) is 0 Å². The molecule has 0 N–H and O–H groups in total. The Morgan fingerprint density at radius 1 is 1.45 bits per heavy atom. The largest absolute Gasteiger partial charge is 0.268 e. The van der Waals surface area contributed by atoms with Crippen LogP contribution in [-0.4, -0.2) is 9.78 Å². The van der Waals surface area contributed by atoms with E-state index in [1.54, 1.807) is 0 Å². The number of aromatic nitrogens is 2.